The molecule has 0 saturated carbocycles. The van der Waals surface area contributed by atoms with Crippen LogP contribution in [0.25, 0.3) is 0 Å². The molecule has 1 aromatic rings. The molecule has 1 fully saturated rings. The normalized spacial score (nSPS) is 19.2. The molecular formula is C11H15N3O2S. The molecule has 17 heavy (non-hydrogen) atoms. The van der Waals surface area contributed by atoms with E-state index < -0.39 is 0 Å². The van der Waals surface area contributed by atoms with Crippen LogP contribution in [-0.4, -0.2) is 40.9 Å². The first-order chi connectivity index (χ1) is 8.34. The quantitative estimate of drug-likeness (QED) is 0.623. The van der Waals surface area contributed by atoms with Crippen molar-refractivity contribution in [3.63, 3.8) is 0 Å². The Morgan fingerprint density at radius 2 is 2.59 bits per heavy atom. The van der Waals surface area contributed by atoms with E-state index in [0.29, 0.717) is 12.3 Å². The van der Waals surface area contributed by atoms with Crippen LogP contribution in [0.3, 0.4) is 0 Å². The van der Waals surface area contributed by atoms with E-state index in [1.54, 1.807) is 12.3 Å². The Hall–Kier alpha value is -1.14. The van der Waals surface area contributed by atoms with Crippen molar-refractivity contribution in [2.24, 2.45) is 0 Å². The molecule has 0 radical (unpaired) electrons. The smallest absolute Gasteiger partial charge is 0.230 e. The number of carbonyl (C=O) groups is 1. The van der Waals surface area contributed by atoms with Gasteiger partial charge in [-0.1, -0.05) is 11.8 Å². The Labute approximate surface area is 104 Å². The summed E-state index contributed by atoms with van der Waals surface area (Å²) in [5.41, 5.74) is 0. The van der Waals surface area contributed by atoms with Crippen LogP contribution in [0.1, 0.15) is 12.8 Å². The van der Waals surface area contributed by atoms with E-state index in [9.17, 15) is 4.79 Å². The van der Waals surface area contributed by atoms with Gasteiger partial charge in [0.1, 0.15) is 6.33 Å². The average molecular weight is 253 g/mol. The van der Waals surface area contributed by atoms with Crippen molar-refractivity contribution in [2.45, 2.75) is 24.0 Å². The summed E-state index contributed by atoms with van der Waals surface area (Å²) >= 11 is 1.41. The molecule has 2 rings (SSSR count). The van der Waals surface area contributed by atoms with E-state index in [2.05, 4.69) is 15.3 Å². The lowest BCUT2D eigenvalue weighted by molar-refractivity contribution is -0.119. The van der Waals surface area contributed by atoms with Gasteiger partial charge in [0.15, 0.2) is 0 Å². The minimum atomic E-state index is 0.0177. The van der Waals surface area contributed by atoms with E-state index in [0.717, 1.165) is 24.5 Å². The maximum absolute atomic E-state index is 11.5. The first kappa shape index (κ1) is 12.3. The summed E-state index contributed by atoms with van der Waals surface area (Å²) in [6.07, 6.45) is 5.48. The Morgan fingerprint density at radius 1 is 1.65 bits per heavy atom. The van der Waals surface area contributed by atoms with Gasteiger partial charge in [-0.25, -0.2) is 9.97 Å². The molecule has 0 aromatic carbocycles. The molecule has 1 saturated heterocycles. The molecule has 92 valence electrons. The molecule has 0 spiro atoms. The highest BCUT2D eigenvalue weighted by molar-refractivity contribution is 7.99. The summed E-state index contributed by atoms with van der Waals surface area (Å²) in [6.45, 7) is 1.43. The third kappa shape index (κ3) is 4.32. The van der Waals surface area contributed by atoms with Gasteiger partial charge in [-0.15, -0.1) is 0 Å². The van der Waals surface area contributed by atoms with Crippen LogP contribution < -0.4 is 5.32 Å². The summed E-state index contributed by atoms with van der Waals surface area (Å²) in [6, 6.07) is 1.79. The number of rotatable bonds is 5. The molecule has 2 heterocycles. The topological polar surface area (TPSA) is 64.1 Å². The van der Waals surface area contributed by atoms with E-state index in [4.69, 9.17) is 4.74 Å². The highest BCUT2D eigenvalue weighted by Crippen LogP contribution is 2.13. The molecule has 1 unspecified atom stereocenters. The molecular weight excluding hydrogens is 238 g/mol. The van der Waals surface area contributed by atoms with Crippen LogP contribution in [0.2, 0.25) is 0 Å². The Balaban J connectivity index is 1.64. The molecule has 1 aromatic heterocycles. The fourth-order valence-corrected chi connectivity index (χ4v) is 2.25. The van der Waals surface area contributed by atoms with Crippen molar-refractivity contribution < 1.29 is 9.53 Å². The second kappa shape index (κ2) is 6.56. The lowest BCUT2D eigenvalue weighted by Crippen LogP contribution is -2.32. The Morgan fingerprint density at radius 3 is 3.29 bits per heavy atom. The van der Waals surface area contributed by atoms with Crippen LogP contribution in [0, 0.1) is 0 Å². The average Bonchev–Trinajstić information content (AvgIpc) is 2.88. The number of amides is 1. The predicted molar refractivity (Wildman–Crippen MR) is 64.7 cm³/mol. The van der Waals surface area contributed by atoms with Gasteiger partial charge >= 0.3 is 0 Å². The highest BCUT2D eigenvalue weighted by Gasteiger charge is 2.16. The number of hydrogen-bond donors (Lipinski definition) is 1. The van der Waals surface area contributed by atoms with Gasteiger partial charge in [0, 0.05) is 19.3 Å². The van der Waals surface area contributed by atoms with E-state index >= 15 is 0 Å². The largest absolute Gasteiger partial charge is 0.376 e. The van der Waals surface area contributed by atoms with Crippen LogP contribution >= 0.6 is 11.8 Å². The fraction of sp³-hybridized carbons (Fsp3) is 0.545. The SMILES string of the molecule is O=C(CSc1ccncn1)NCC1CCCO1. The number of nitrogens with one attached hydrogen (secondary N) is 1. The molecule has 1 aliphatic heterocycles. The number of carbonyl (C=O) groups excluding carboxylic acids is 1. The van der Waals surface area contributed by atoms with Gasteiger partial charge in [-0.3, -0.25) is 4.79 Å². The molecule has 5 nitrogen and oxygen atoms in total. The third-order valence-corrected chi connectivity index (χ3v) is 3.40. The maximum atomic E-state index is 11.5. The summed E-state index contributed by atoms with van der Waals surface area (Å²) in [7, 11) is 0. The lowest BCUT2D eigenvalue weighted by atomic mass is 10.2. The molecule has 1 amide bonds. The van der Waals surface area contributed by atoms with Gasteiger partial charge in [0.05, 0.1) is 16.9 Å². The first-order valence-corrected chi connectivity index (χ1v) is 6.60. The number of thioether (sulfide) groups is 1. The summed E-state index contributed by atoms with van der Waals surface area (Å²) < 4.78 is 5.42. The van der Waals surface area contributed by atoms with E-state index in [1.807, 2.05) is 0 Å². The summed E-state index contributed by atoms with van der Waals surface area (Å²) in [4.78, 5) is 19.4. The summed E-state index contributed by atoms with van der Waals surface area (Å²) in [5, 5.41) is 3.68. The summed E-state index contributed by atoms with van der Waals surface area (Å²) in [5.74, 6) is 0.396. The number of nitrogens with zero attached hydrogens (tertiary/aromatic N) is 2. The highest BCUT2D eigenvalue weighted by atomic mass is 32.2. The Kier molecular flexibility index (Phi) is 4.75. The van der Waals surface area contributed by atoms with Gasteiger partial charge in [0.25, 0.3) is 0 Å². The molecule has 1 atom stereocenters. The van der Waals surface area contributed by atoms with Crippen molar-refractivity contribution >= 4 is 17.7 Å². The zero-order chi connectivity index (χ0) is 11.9. The molecule has 0 bridgehead atoms. The lowest BCUT2D eigenvalue weighted by Gasteiger charge is -2.10. The van der Waals surface area contributed by atoms with Crippen molar-refractivity contribution in [1.82, 2.24) is 15.3 Å². The van der Waals surface area contributed by atoms with Crippen molar-refractivity contribution in [2.75, 3.05) is 18.9 Å². The second-order valence-electron chi connectivity index (χ2n) is 3.78. The number of aromatic nitrogens is 2. The molecule has 1 aliphatic rings. The predicted octanol–water partition coefficient (Wildman–Crippen LogP) is 0.864. The van der Waals surface area contributed by atoms with Gasteiger partial charge in [0.2, 0.25) is 5.91 Å². The molecule has 1 N–H and O–H groups in total. The second-order valence-corrected chi connectivity index (χ2v) is 4.77. The minimum Gasteiger partial charge on any atom is -0.376 e. The molecule has 6 heteroatoms. The van der Waals surface area contributed by atoms with Crippen molar-refractivity contribution in [3.8, 4) is 0 Å². The standard InChI is InChI=1S/C11H15N3O2S/c15-10(13-6-9-2-1-5-16-9)7-17-11-3-4-12-8-14-11/h3-4,8-9H,1-2,5-7H2,(H,13,15). The first-order valence-electron chi connectivity index (χ1n) is 5.62. The van der Waals surface area contributed by atoms with Crippen LogP contribution in [0.4, 0.5) is 0 Å². The zero-order valence-corrected chi connectivity index (χ0v) is 10.3. The molecule has 0 aliphatic carbocycles. The van der Waals surface area contributed by atoms with Crippen molar-refractivity contribution in [1.29, 1.82) is 0 Å². The van der Waals surface area contributed by atoms with E-state index in [-0.39, 0.29) is 12.0 Å². The number of ether oxygens (including phenoxy) is 1. The third-order valence-electron chi connectivity index (χ3n) is 2.46. The number of hydrogen-bond acceptors (Lipinski definition) is 5. The monoisotopic (exact) mass is 253 g/mol. The van der Waals surface area contributed by atoms with Crippen molar-refractivity contribution in [3.05, 3.63) is 18.6 Å². The zero-order valence-electron chi connectivity index (χ0n) is 9.46. The fourth-order valence-electron chi connectivity index (χ4n) is 1.59. The van der Waals surface area contributed by atoms with Crippen LogP contribution in [-0.2, 0) is 9.53 Å². The van der Waals surface area contributed by atoms with Crippen LogP contribution in [0.15, 0.2) is 23.6 Å². The Bertz CT molecular complexity index is 355. The van der Waals surface area contributed by atoms with E-state index in [1.165, 1.54) is 18.1 Å². The van der Waals surface area contributed by atoms with Gasteiger partial charge < -0.3 is 10.1 Å². The maximum Gasteiger partial charge on any atom is 0.230 e. The minimum absolute atomic E-state index is 0.0177. The van der Waals surface area contributed by atoms with Gasteiger partial charge in [-0.05, 0) is 18.9 Å². The van der Waals surface area contributed by atoms with Crippen LogP contribution in [0.5, 0.6) is 0 Å². The van der Waals surface area contributed by atoms with Gasteiger partial charge in [-0.2, -0.15) is 0 Å².